The minimum absolute atomic E-state index is 0.139. The summed E-state index contributed by atoms with van der Waals surface area (Å²) < 4.78 is 27.9. The number of nitriles is 1. The number of benzene rings is 2. The first-order valence-electron chi connectivity index (χ1n) is 6.20. The second-order valence-electron chi connectivity index (χ2n) is 4.96. The number of hydrogen-bond acceptors (Lipinski definition) is 2. The Morgan fingerprint density at radius 2 is 2.00 bits per heavy atom. The van der Waals surface area contributed by atoms with E-state index >= 15 is 0 Å². The van der Waals surface area contributed by atoms with Gasteiger partial charge in [0.25, 0.3) is 0 Å². The van der Waals surface area contributed by atoms with Crippen LogP contribution < -0.4 is 0 Å². The first kappa shape index (κ1) is 15.6. The first-order chi connectivity index (χ1) is 9.85. The standard InChI is InChI=1S/C16H12BrF2NO/c1-16(21,11-4-2-3-10(7-11)9-20)8-12-14(18)6-5-13(17)15(12)19/h2-7,21H,8H2,1H3. The molecule has 0 spiro atoms. The fraction of sp³-hybridized carbons (Fsp3) is 0.188. The van der Waals surface area contributed by atoms with E-state index in [2.05, 4.69) is 15.9 Å². The second kappa shape index (κ2) is 5.92. The molecular formula is C16H12BrF2NO. The minimum Gasteiger partial charge on any atom is -0.385 e. The lowest BCUT2D eigenvalue weighted by molar-refractivity contribution is 0.0556. The Morgan fingerprint density at radius 1 is 1.29 bits per heavy atom. The van der Waals surface area contributed by atoms with E-state index in [9.17, 15) is 13.9 Å². The monoisotopic (exact) mass is 351 g/mol. The van der Waals surface area contributed by atoms with Gasteiger partial charge in [0.15, 0.2) is 0 Å². The molecule has 0 saturated carbocycles. The van der Waals surface area contributed by atoms with E-state index in [1.54, 1.807) is 18.2 Å². The van der Waals surface area contributed by atoms with Crippen LogP contribution in [0, 0.1) is 23.0 Å². The van der Waals surface area contributed by atoms with Crippen molar-refractivity contribution in [2.24, 2.45) is 0 Å². The van der Waals surface area contributed by atoms with Crippen molar-refractivity contribution in [1.82, 2.24) is 0 Å². The van der Waals surface area contributed by atoms with E-state index in [1.165, 1.54) is 19.1 Å². The fourth-order valence-corrected chi connectivity index (χ4v) is 2.47. The Labute approximate surface area is 129 Å². The smallest absolute Gasteiger partial charge is 0.143 e. The number of rotatable bonds is 3. The van der Waals surface area contributed by atoms with Crippen LogP contribution in [0.1, 0.15) is 23.6 Å². The molecule has 0 saturated heterocycles. The van der Waals surface area contributed by atoms with Crippen LogP contribution in [0.25, 0.3) is 0 Å². The van der Waals surface area contributed by atoms with Gasteiger partial charge in [-0.05, 0) is 52.7 Å². The summed E-state index contributed by atoms with van der Waals surface area (Å²) in [5.74, 6) is -1.45. The van der Waals surface area contributed by atoms with Gasteiger partial charge in [-0.2, -0.15) is 5.26 Å². The summed E-state index contributed by atoms with van der Waals surface area (Å²) >= 11 is 3.00. The van der Waals surface area contributed by atoms with Crippen LogP contribution in [0.15, 0.2) is 40.9 Å². The van der Waals surface area contributed by atoms with Crippen LogP contribution in [0.2, 0.25) is 0 Å². The minimum atomic E-state index is -1.49. The van der Waals surface area contributed by atoms with Gasteiger partial charge in [-0.25, -0.2) is 8.78 Å². The number of nitrogens with zero attached hydrogens (tertiary/aromatic N) is 1. The van der Waals surface area contributed by atoms with Gasteiger partial charge in [0.1, 0.15) is 11.6 Å². The lowest BCUT2D eigenvalue weighted by Crippen LogP contribution is -2.25. The van der Waals surface area contributed by atoms with Crippen molar-refractivity contribution in [2.45, 2.75) is 18.9 Å². The lowest BCUT2D eigenvalue weighted by atomic mass is 9.88. The molecule has 1 atom stereocenters. The largest absolute Gasteiger partial charge is 0.385 e. The summed E-state index contributed by atoms with van der Waals surface area (Å²) in [7, 11) is 0. The molecule has 0 fully saturated rings. The molecule has 5 heteroatoms. The van der Waals surface area contributed by atoms with Gasteiger partial charge in [-0.15, -0.1) is 0 Å². The zero-order valence-corrected chi connectivity index (χ0v) is 12.8. The van der Waals surface area contributed by atoms with Crippen molar-refractivity contribution < 1.29 is 13.9 Å². The third-order valence-electron chi connectivity index (χ3n) is 3.27. The number of aliphatic hydroxyl groups is 1. The molecule has 0 aromatic heterocycles. The molecule has 108 valence electrons. The Hall–Kier alpha value is -1.77. The molecule has 2 rings (SSSR count). The van der Waals surface area contributed by atoms with Gasteiger partial charge >= 0.3 is 0 Å². The van der Waals surface area contributed by atoms with Crippen molar-refractivity contribution in [3.8, 4) is 6.07 Å². The molecule has 0 aliphatic rings. The summed E-state index contributed by atoms with van der Waals surface area (Å²) in [6, 6.07) is 10.7. The highest BCUT2D eigenvalue weighted by atomic mass is 79.9. The van der Waals surface area contributed by atoms with Crippen molar-refractivity contribution in [1.29, 1.82) is 5.26 Å². The van der Waals surface area contributed by atoms with Crippen molar-refractivity contribution in [3.05, 3.63) is 69.2 Å². The van der Waals surface area contributed by atoms with Gasteiger partial charge < -0.3 is 5.11 Å². The first-order valence-corrected chi connectivity index (χ1v) is 7.00. The van der Waals surface area contributed by atoms with Crippen molar-refractivity contribution in [3.63, 3.8) is 0 Å². The van der Waals surface area contributed by atoms with Gasteiger partial charge in [0, 0.05) is 12.0 Å². The molecule has 1 unspecified atom stereocenters. The topological polar surface area (TPSA) is 44.0 Å². The van der Waals surface area contributed by atoms with Crippen LogP contribution >= 0.6 is 15.9 Å². The summed E-state index contributed by atoms with van der Waals surface area (Å²) in [6.07, 6.45) is -0.237. The summed E-state index contributed by atoms with van der Waals surface area (Å²) in [5, 5.41) is 19.4. The second-order valence-corrected chi connectivity index (χ2v) is 5.82. The molecule has 0 aliphatic heterocycles. The highest BCUT2D eigenvalue weighted by Gasteiger charge is 2.27. The van der Waals surface area contributed by atoms with E-state index in [0.717, 1.165) is 6.07 Å². The molecule has 2 nitrogen and oxygen atoms in total. The lowest BCUT2D eigenvalue weighted by Gasteiger charge is -2.25. The maximum Gasteiger partial charge on any atom is 0.143 e. The van der Waals surface area contributed by atoms with Gasteiger partial charge in [0.2, 0.25) is 0 Å². The molecule has 0 amide bonds. The van der Waals surface area contributed by atoms with Crippen molar-refractivity contribution in [2.75, 3.05) is 0 Å². The number of halogens is 3. The third kappa shape index (κ3) is 3.29. The predicted octanol–water partition coefficient (Wildman–Crippen LogP) is 4.05. The Balaban J connectivity index is 2.42. The van der Waals surface area contributed by atoms with Crippen LogP contribution in [0.3, 0.4) is 0 Å². The van der Waals surface area contributed by atoms with Crippen LogP contribution in [0.4, 0.5) is 8.78 Å². The average molecular weight is 352 g/mol. The van der Waals surface area contributed by atoms with E-state index < -0.39 is 17.2 Å². The third-order valence-corrected chi connectivity index (χ3v) is 3.89. The molecule has 2 aromatic carbocycles. The molecule has 1 N–H and O–H groups in total. The van der Waals surface area contributed by atoms with Crippen molar-refractivity contribution >= 4 is 15.9 Å². The Morgan fingerprint density at radius 3 is 2.67 bits per heavy atom. The zero-order valence-electron chi connectivity index (χ0n) is 11.2. The molecule has 21 heavy (non-hydrogen) atoms. The molecule has 0 aliphatic carbocycles. The molecule has 2 aromatic rings. The van der Waals surface area contributed by atoms with E-state index in [-0.39, 0.29) is 16.5 Å². The summed E-state index contributed by atoms with van der Waals surface area (Å²) in [4.78, 5) is 0. The van der Waals surface area contributed by atoms with Crippen LogP contribution in [-0.4, -0.2) is 5.11 Å². The zero-order chi connectivity index (χ0) is 15.6. The quantitative estimate of drug-likeness (QED) is 0.847. The Bertz CT molecular complexity index is 723. The normalized spacial score (nSPS) is 13.5. The van der Waals surface area contributed by atoms with Gasteiger partial charge in [-0.1, -0.05) is 12.1 Å². The van der Waals surface area contributed by atoms with Crippen LogP contribution in [0.5, 0.6) is 0 Å². The van der Waals surface area contributed by atoms with Crippen LogP contribution in [-0.2, 0) is 12.0 Å². The van der Waals surface area contributed by atoms with E-state index in [1.807, 2.05) is 6.07 Å². The molecule has 0 radical (unpaired) electrons. The van der Waals surface area contributed by atoms with Gasteiger partial charge in [0.05, 0.1) is 21.7 Å². The van der Waals surface area contributed by atoms with E-state index in [0.29, 0.717) is 11.1 Å². The highest BCUT2D eigenvalue weighted by Crippen LogP contribution is 2.30. The Kier molecular flexibility index (Phi) is 4.40. The average Bonchev–Trinajstić information content (AvgIpc) is 2.48. The number of hydrogen-bond donors (Lipinski definition) is 1. The highest BCUT2D eigenvalue weighted by molar-refractivity contribution is 9.10. The maximum absolute atomic E-state index is 14.0. The summed E-state index contributed by atoms with van der Waals surface area (Å²) in [5.41, 5.74) is -0.880. The van der Waals surface area contributed by atoms with E-state index in [4.69, 9.17) is 5.26 Å². The fourth-order valence-electron chi connectivity index (χ4n) is 2.10. The molecular weight excluding hydrogens is 340 g/mol. The molecule has 0 bridgehead atoms. The summed E-state index contributed by atoms with van der Waals surface area (Å²) in [6.45, 7) is 1.46. The van der Waals surface area contributed by atoms with Gasteiger partial charge in [-0.3, -0.25) is 0 Å². The SMILES string of the molecule is CC(O)(Cc1c(F)ccc(Br)c1F)c1cccc(C#N)c1. The molecule has 0 heterocycles. The maximum atomic E-state index is 14.0. The predicted molar refractivity (Wildman–Crippen MR) is 78.5 cm³/mol.